The normalized spacial score (nSPS) is 10.8. The van der Waals surface area contributed by atoms with Gasteiger partial charge in [-0.05, 0) is 36.2 Å². The van der Waals surface area contributed by atoms with E-state index in [4.69, 9.17) is 10.5 Å². The molecule has 0 bridgehead atoms. The van der Waals surface area contributed by atoms with Gasteiger partial charge in [-0.25, -0.2) is 4.99 Å². The molecule has 0 aliphatic carbocycles. The van der Waals surface area contributed by atoms with Gasteiger partial charge in [0.15, 0.2) is 5.96 Å². The van der Waals surface area contributed by atoms with E-state index in [9.17, 15) is 0 Å². The van der Waals surface area contributed by atoms with Gasteiger partial charge in [0, 0.05) is 24.9 Å². The summed E-state index contributed by atoms with van der Waals surface area (Å²) < 4.78 is 5.61. The maximum atomic E-state index is 5.89. The van der Waals surface area contributed by atoms with Gasteiger partial charge in [0.25, 0.3) is 0 Å². The fraction of sp³-hybridized carbons (Fsp3) is 0.333. The second-order valence-electron chi connectivity index (χ2n) is 5.20. The van der Waals surface area contributed by atoms with Crippen molar-refractivity contribution >= 4 is 29.9 Å². The second kappa shape index (κ2) is 11.7. The molecule has 24 heavy (non-hydrogen) atoms. The molecule has 0 aliphatic rings. The number of hydrogen-bond donors (Lipinski definition) is 2. The molecule has 1 aromatic heterocycles. The predicted molar refractivity (Wildman–Crippen MR) is 109 cm³/mol. The molecule has 3 N–H and O–H groups in total. The number of nitrogens with zero attached hydrogens (tertiary/aromatic N) is 2. The van der Waals surface area contributed by atoms with Crippen molar-refractivity contribution in [2.45, 2.75) is 26.3 Å². The standard InChI is InChI=1S/C18H24N4O.HI/c1-2-12-23-17-8-5-6-15(13-17)14-22-18(19)21-11-9-16-7-3-4-10-20-16;/h3-8,10,13H,2,9,11-12,14H2,1H3,(H3,19,21,22);1H. The van der Waals surface area contributed by atoms with E-state index in [0.29, 0.717) is 19.0 Å². The SMILES string of the molecule is CCCOc1cccc(CN=C(N)NCCc2ccccn2)c1.I. The summed E-state index contributed by atoms with van der Waals surface area (Å²) in [5.74, 6) is 1.32. The zero-order valence-electron chi connectivity index (χ0n) is 13.9. The molecule has 0 saturated carbocycles. The number of rotatable bonds is 8. The van der Waals surface area contributed by atoms with Crippen LogP contribution in [0, 0.1) is 0 Å². The second-order valence-corrected chi connectivity index (χ2v) is 5.20. The van der Waals surface area contributed by atoms with Gasteiger partial charge in [-0.2, -0.15) is 0 Å². The molecular weight excluding hydrogens is 415 g/mol. The number of aliphatic imine (C=N–C) groups is 1. The fourth-order valence-electron chi connectivity index (χ4n) is 2.05. The molecule has 5 nitrogen and oxygen atoms in total. The lowest BCUT2D eigenvalue weighted by molar-refractivity contribution is 0.317. The molecule has 6 heteroatoms. The lowest BCUT2D eigenvalue weighted by Crippen LogP contribution is -2.33. The van der Waals surface area contributed by atoms with E-state index >= 15 is 0 Å². The highest BCUT2D eigenvalue weighted by Crippen LogP contribution is 2.14. The highest BCUT2D eigenvalue weighted by Gasteiger charge is 1.98. The maximum absolute atomic E-state index is 5.89. The van der Waals surface area contributed by atoms with Gasteiger partial charge in [-0.1, -0.05) is 25.1 Å². The van der Waals surface area contributed by atoms with Crippen LogP contribution in [-0.4, -0.2) is 24.1 Å². The molecule has 0 saturated heterocycles. The molecule has 0 radical (unpaired) electrons. The number of nitrogens with one attached hydrogen (secondary N) is 1. The zero-order valence-corrected chi connectivity index (χ0v) is 16.3. The number of pyridine rings is 1. The molecule has 130 valence electrons. The van der Waals surface area contributed by atoms with Crippen molar-refractivity contribution in [1.29, 1.82) is 0 Å². The average molecular weight is 440 g/mol. The summed E-state index contributed by atoms with van der Waals surface area (Å²) in [6.45, 7) is 4.06. The van der Waals surface area contributed by atoms with Crippen LogP contribution in [0.1, 0.15) is 24.6 Å². The topological polar surface area (TPSA) is 72.5 Å². The first-order chi connectivity index (χ1) is 11.3. The molecule has 0 amide bonds. The van der Waals surface area contributed by atoms with Crippen LogP contribution in [0.4, 0.5) is 0 Å². The zero-order chi connectivity index (χ0) is 16.3. The Morgan fingerprint density at radius 2 is 2.12 bits per heavy atom. The summed E-state index contributed by atoms with van der Waals surface area (Å²) in [4.78, 5) is 8.62. The molecular formula is C18H25IN4O. The number of nitrogens with two attached hydrogens (primary N) is 1. The van der Waals surface area contributed by atoms with Crippen LogP contribution in [0.3, 0.4) is 0 Å². The lowest BCUT2D eigenvalue weighted by Gasteiger charge is -2.07. The first-order valence-electron chi connectivity index (χ1n) is 7.93. The minimum Gasteiger partial charge on any atom is -0.494 e. The third-order valence-corrected chi connectivity index (χ3v) is 3.22. The molecule has 0 aliphatic heterocycles. The van der Waals surface area contributed by atoms with Gasteiger partial charge < -0.3 is 15.8 Å². The average Bonchev–Trinajstić information content (AvgIpc) is 2.59. The van der Waals surface area contributed by atoms with Crippen molar-refractivity contribution in [1.82, 2.24) is 10.3 Å². The van der Waals surface area contributed by atoms with Crippen molar-refractivity contribution in [3.05, 3.63) is 59.9 Å². The first-order valence-corrected chi connectivity index (χ1v) is 7.93. The minimum atomic E-state index is 0. The Bertz CT molecular complexity index is 619. The van der Waals surface area contributed by atoms with Crippen LogP contribution >= 0.6 is 24.0 Å². The summed E-state index contributed by atoms with van der Waals surface area (Å²) in [5.41, 5.74) is 8.00. The van der Waals surface area contributed by atoms with Crippen LogP contribution < -0.4 is 15.8 Å². The van der Waals surface area contributed by atoms with E-state index < -0.39 is 0 Å². The molecule has 2 rings (SSSR count). The van der Waals surface area contributed by atoms with E-state index in [1.807, 2.05) is 42.5 Å². The van der Waals surface area contributed by atoms with Crippen molar-refractivity contribution in [2.75, 3.05) is 13.2 Å². The summed E-state index contributed by atoms with van der Waals surface area (Å²) in [7, 11) is 0. The fourth-order valence-corrected chi connectivity index (χ4v) is 2.05. The third kappa shape index (κ3) is 7.63. The van der Waals surface area contributed by atoms with E-state index in [1.165, 1.54) is 0 Å². The Labute approximate surface area is 160 Å². The Morgan fingerprint density at radius 1 is 1.25 bits per heavy atom. The largest absolute Gasteiger partial charge is 0.494 e. The number of guanidine groups is 1. The molecule has 0 spiro atoms. The maximum Gasteiger partial charge on any atom is 0.188 e. The Kier molecular flexibility index (Phi) is 9.83. The number of ether oxygens (including phenoxy) is 1. The van der Waals surface area contributed by atoms with E-state index in [1.54, 1.807) is 6.20 Å². The molecule has 2 aromatic rings. The van der Waals surface area contributed by atoms with Crippen LogP contribution in [0.5, 0.6) is 5.75 Å². The van der Waals surface area contributed by atoms with Crippen molar-refractivity contribution in [2.24, 2.45) is 10.7 Å². The van der Waals surface area contributed by atoms with Crippen LogP contribution in [-0.2, 0) is 13.0 Å². The Balaban J connectivity index is 0.00000288. The van der Waals surface area contributed by atoms with Crippen molar-refractivity contribution < 1.29 is 4.74 Å². The third-order valence-electron chi connectivity index (χ3n) is 3.22. The summed E-state index contributed by atoms with van der Waals surface area (Å²) in [5, 5.41) is 3.11. The van der Waals surface area contributed by atoms with Gasteiger partial charge in [0.05, 0.1) is 13.2 Å². The smallest absolute Gasteiger partial charge is 0.188 e. The number of hydrogen-bond acceptors (Lipinski definition) is 3. The van der Waals surface area contributed by atoms with Gasteiger partial charge in [0.2, 0.25) is 0 Å². The van der Waals surface area contributed by atoms with E-state index in [0.717, 1.165) is 36.5 Å². The summed E-state index contributed by atoms with van der Waals surface area (Å²) >= 11 is 0. The summed E-state index contributed by atoms with van der Waals surface area (Å²) in [6, 6.07) is 13.8. The van der Waals surface area contributed by atoms with Gasteiger partial charge in [-0.15, -0.1) is 24.0 Å². The molecule has 0 fully saturated rings. The van der Waals surface area contributed by atoms with E-state index in [-0.39, 0.29) is 24.0 Å². The van der Waals surface area contributed by atoms with Gasteiger partial charge >= 0.3 is 0 Å². The highest BCUT2D eigenvalue weighted by molar-refractivity contribution is 14.0. The van der Waals surface area contributed by atoms with E-state index in [2.05, 4.69) is 22.2 Å². The lowest BCUT2D eigenvalue weighted by atomic mass is 10.2. The first kappa shape index (κ1) is 20.2. The predicted octanol–water partition coefficient (Wildman–Crippen LogP) is 3.14. The van der Waals surface area contributed by atoms with Crippen LogP contribution in [0.2, 0.25) is 0 Å². The Morgan fingerprint density at radius 3 is 2.88 bits per heavy atom. The molecule has 0 unspecified atom stereocenters. The van der Waals surface area contributed by atoms with Crippen LogP contribution in [0.15, 0.2) is 53.7 Å². The van der Waals surface area contributed by atoms with Crippen LogP contribution in [0.25, 0.3) is 0 Å². The van der Waals surface area contributed by atoms with Crippen molar-refractivity contribution in [3.8, 4) is 5.75 Å². The molecule has 0 atom stereocenters. The molecule has 1 aromatic carbocycles. The summed E-state index contributed by atoms with van der Waals surface area (Å²) in [6.07, 6.45) is 3.60. The minimum absolute atomic E-state index is 0. The Hall–Kier alpha value is -1.83. The number of aromatic nitrogens is 1. The molecule has 1 heterocycles. The monoisotopic (exact) mass is 440 g/mol. The van der Waals surface area contributed by atoms with Gasteiger partial charge in [-0.3, -0.25) is 4.98 Å². The van der Waals surface area contributed by atoms with Crippen molar-refractivity contribution in [3.63, 3.8) is 0 Å². The van der Waals surface area contributed by atoms with Gasteiger partial charge in [0.1, 0.15) is 5.75 Å². The quantitative estimate of drug-likeness (QED) is 0.376. The highest BCUT2D eigenvalue weighted by atomic mass is 127. The number of halogens is 1. The number of benzene rings is 1.